The number of benzene rings is 2. The molecule has 9 nitrogen and oxygen atoms in total. The Bertz CT molecular complexity index is 1390. The number of anilines is 1. The van der Waals surface area contributed by atoms with E-state index in [0.717, 1.165) is 11.1 Å². The van der Waals surface area contributed by atoms with Gasteiger partial charge in [-0.05, 0) is 38.5 Å². The lowest BCUT2D eigenvalue weighted by Gasteiger charge is -2.20. The summed E-state index contributed by atoms with van der Waals surface area (Å²) in [5.41, 5.74) is 8.34. The van der Waals surface area contributed by atoms with Gasteiger partial charge in [-0.25, -0.2) is 0 Å². The van der Waals surface area contributed by atoms with Crippen LogP contribution in [0, 0.1) is 13.8 Å². The highest BCUT2D eigenvalue weighted by Gasteiger charge is 2.19. The molecule has 2 aromatic heterocycles. The molecule has 1 amide bonds. The van der Waals surface area contributed by atoms with E-state index in [4.69, 9.17) is 5.73 Å². The van der Waals surface area contributed by atoms with Crippen LogP contribution in [-0.2, 0) is 17.8 Å². The Kier molecular flexibility index (Phi) is 6.32. The van der Waals surface area contributed by atoms with E-state index in [2.05, 4.69) is 15.4 Å². The summed E-state index contributed by atoms with van der Waals surface area (Å²) >= 11 is 0. The summed E-state index contributed by atoms with van der Waals surface area (Å²) in [6, 6.07) is 16.4. The maximum Gasteiger partial charge on any atom is 0.275 e. The molecule has 9 heteroatoms. The molecular weight excluding hydrogens is 432 g/mol. The third-order valence-corrected chi connectivity index (χ3v) is 5.67. The number of amides is 1. The lowest BCUT2D eigenvalue weighted by Crippen LogP contribution is -2.36. The maximum absolute atomic E-state index is 12.7. The van der Waals surface area contributed by atoms with Gasteiger partial charge < -0.3 is 20.7 Å². The number of rotatable bonds is 7. The van der Waals surface area contributed by atoms with Crippen molar-refractivity contribution in [2.24, 2.45) is 5.73 Å². The zero-order chi connectivity index (χ0) is 24.5. The van der Waals surface area contributed by atoms with Crippen LogP contribution in [0.1, 0.15) is 23.7 Å². The molecule has 0 radical (unpaired) electrons. The first-order valence-corrected chi connectivity index (χ1v) is 11.0. The molecule has 4 N–H and O–H groups in total. The third-order valence-electron chi connectivity index (χ3n) is 5.67. The van der Waals surface area contributed by atoms with Crippen molar-refractivity contribution < 1.29 is 9.90 Å². The van der Waals surface area contributed by atoms with Gasteiger partial charge in [0.25, 0.3) is 5.56 Å². The quantitative estimate of drug-likeness (QED) is 0.387. The molecule has 1 atom stereocenters. The van der Waals surface area contributed by atoms with Crippen molar-refractivity contribution >= 4 is 17.4 Å². The fourth-order valence-corrected chi connectivity index (χ4v) is 3.68. The fourth-order valence-electron chi connectivity index (χ4n) is 3.68. The number of nitrogens with two attached hydrogens (primary N) is 1. The average Bonchev–Trinajstić information content (AvgIpc) is 3.24. The second-order valence-corrected chi connectivity index (χ2v) is 8.85. The van der Waals surface area contributed by atoms with E-state index in [1.165, 1.54) is 10.6 Å². The zero-order valence-electron chi connectivity index (χ0n) is 19.4. The standard InChI is InChI=1S/C25H28N6O3/c1-16-4-10-20(11-5-16)27-21(32)14-30-17(2)12-22(33)31-24(30)28-23(29-31)19-8-6-18(7-9-19)13-25(3,34)15-26/h4-12,34H,13-15,26H2,1-3H3,(H,27,32). The molecule has 0 saturated heterocycles. The van der Waals surface area contributed by atoms with Crippen molar-refractivity contribution in [1.82, 2.24) is 19.2 Å². The molecule has 0 aliphatic carbocycles. The number of carbonyl (C=O) groups is 1. The molecule has 0 aliphatic heterocycles. The van der Waals surface area contributed by atoms with Crippen LogP contribution in [-0.4, -0.2) is 42.3 Å². The lowest BCUT2D eigenvalue weighted by molar-refractivity contribution is -0.116. The number of aliphatic hydroxyl groups is 1. The van der Waals surface area contributed by atoms with Crippen molar-refractivity contribution in [3.63, 3.8) is 0 Å². The van der Waals surface area contributed by atoms with Crippen molar-refractivity contribution in [2.45, 2.75) is 39.3 Å². The molecule has 0 spiro atoms. The topological polar surface area (TPSA) is 128 Å². The Hall–Kier alpha value is -3.82. The second kappa shape index (κ2) is 9.20. The minimum absolute atomic E-state index is 0.0191. The van der Waals surface area contributed by atoms with E-state index in [1.54, 1.807) is 18.4 Å². The largest absolute Gasteiger partial charge is 0.389 e. The van der Waals surface area contributed by atoms with Crippen LogP contribution in [0.25, 0.3) is 17.2 Å². The molecule has 2 heterocycles. The second-order valence-electron chi connectivity index (χ2n) is 8.85. The molecule has 4 aromatic rings. The summed E-state index contributed by atoms with van der Waals surface area (Å²) in [6.45, 7) is 5.57. The van der Waals surface area contributed by atoms with Crippen LogP contribution < -0.4 is 16.6 Å². The minimum atomic E-state index is -0.984. The predicted octanol–water partition coefficient (Wildman–Crippen LogP) is 2.07. The van der Waals surface area contributed by atoms with Gasteiger partial charge in [-0.2, -0.15) is 9.50 Å². The highest BCUT2D eigenvalue weighted by Crippen LogP contribution is 2.20. The minimum Gasteiger partial charge on any atom is -0.389 e. The SMILES string of the molecule is Cc1ccc(NC(=O)Cn2c(C)cc(=O)n3nc(-c4ccc(CC(C)(O)CN)cc4)nc23)cc1. The molecule has 0 aliphatic rings. The Morgan fingerprint density at radius 3 is 2.44 bits per heavy atom. The van der Waals surface area contributed by atoms with Gasteiger partial charge in [0, 0.05) is 36.0 Å². The predicted molar refractivity (Wildman–Crippen MR) is 131 cm³/mol. The van der Waals surface area contributed by atoms with Crippen LogP contribution >= 0.6 is 0 Å². The molecule has 4 rings (SSSR count). The van der Waals surface area contributed by atoms with Gasteiger partial charge in [0.05, 0.1) is 5.60 Å². The van der Waals surface area contributed by atoms with E-state index < -0.39 is 5.60 Å². The van der Waals surface area contributed by atoms with Crippen LogP contribution in [0.15, 0.2) is 59.4 Å². The normalized spacial score (nSPS) is 13.1. The van der Waals surface area contributed by atoms with Gasteiger partial charge in [0.2, 0.25) is 11.7 Å². The Morgan fingerprint density at radius 2 is 1.79 bits per heavy atom. The van der Waals surface area contributed by atoms with Gasteiger partial charge in [0.15, 0.2) is 5.82 Å². The molecule has 176 valence electrons. The maximum atomic E-state index is 12.7. The highest BCUT2D eigenvalue weighted by atomic mass is 16.3. The van der Waals surface area contributed by atoms with Gasteiger partial charge in [-0.15, -0.1) is 5.10 Å². The lowest BCUT2D eigenvalue weighted by atomic mass is 9.96. The number of nitrogens with one attached hydrogen (secondary N) is 1. The van der Waals surface area contributed by atoms with Crippen LogP contribution in [0.3, 0.4) is 0 Å². The number of aromatic nitrogens is 4. The smallest absolute Gasteiger partial charge is 0.275 e. The van der Waals surface area contributed by atoms with E-state index in [9.17, 15) is 14.7 Å². The van der Waals surface area contributed by atoms with E-state index in [0.29, 0.717) is 29.2 Å². The van der Waals surface area contributed by atoms with E-state index in [-0.39, 0.29) is 30.3 Å². The molecule has 0 saturated carbocycles. The zero-order valence-corrected chi connectivity index (χ0v) is 19.4. The van der Waals surface area contributed by atoms with Crippen molar-refractivity contribution in [3.05, 3.63) is 81.8 Å². The van der Waals surface area contributed by atoms with E-state index in [1.807, 2.05) is 55.5 Å². The fraction of sp³-hybridized carbons (Fsp3) is 0.280. The summed E-state index contributed by atoms with van der Waals surface area (Å²) in [4.78, 5) is 29.8. The van der Waals surface area contributed by atoms with Crippen molar-refractivity contribution in [1.29, 1.82) is 0 Å². The third kappa shape index (κ3) is 5.05. The van der Waals surface area contributed by atoms with Crippen molar-refractivity contribution in [2.75, 3.05) is 11.9 Å². The summed E-state index contributed by atoms with van der Waals surface area (Å²) in [5, 5.41) is 17.4. The summed E-state index contributed by atoms with van der Waals surface area (Å²) in [5.74, 6) is 0.417. The van der Waals surface area contributed by atoms with Gasteiger partial charge >= 0.3 is 0 Å². The molecule has 1 unspecified atom stereocenters. The summed E-state index contributed by atoms with van der Waals surface area (Å²) in [6.07, 6.45) is 0.419. The number of carbonyl (C=O) groups excluding carboxylic acids is 1. The summed E-state index contributed by atoms with van der Waals surface area (Å²) in [7, 11) is 0. The Morgan fingerprint density at radius 1 is 1.12 bits per heavy atom. The van der Waals surface area contributed by atoms with Crippen LogP contribution in [0.4, 0.5) is 5.69 Å². The average molecular weight is 461 g/mol. The summed E-state index contributed by atoms with van der Waals surface area (Å²) < 4.78 is 2.86. The van der Waals surface area contributed by atoms with E-state index >= 15 is 0 Å². The molecular formula is C25H28N6O3. The van der Waals surface area contributed by atoms with Crippen LogP contribution in [0.5, 0.6) is 0 Å². The number of hydrogen-bond acceptors (Lipinski definition) is 6. The van der Waals surface area contributed by atoms with Gasteiger partial charge in [0.1, 0.15) is 6.54 Å². The van der Waals surface area contributed by atoms with Gasteiger partial charge in [-0.1, -0.05) is 42.0 Å². The monoisotopic (exact) mass is 460 g/mol. The number of aryl methyl sites for hydroxylation is 2. The number of nitrogens with zero attached hydrogens (tertiary/aromatic N) is 4. The Labute approximate surface area is 196 Å². The Balaban J connectivity index is 1.62. The molecule has 0 fully saturated rings. The van der Waals surface area contributed by atoms with Gasteiger partial charge in [-0.3, -0.25) is 9.59 Å². The number of hydrogen-bond donors (Lipinski definition) is 3. The molecule has 34 heavy (non-hydrogen) atoms. The first-order chi connectivity index (χ1) is 16.1. The number of fused-ring (bicyclic) bond motifs is 1. The van der Waals surface area contributed by atoms with Crippen LogP contribution in [0.2, 0.25) is 0 Å². The van der Waals surface area contributed by atoms with Crippen molar-refractivity contribution in [3.8, 4) is 11.4 Å². The molecule has 2 aromatic carbocycles. The highest BCUT2D eigenvalue weighted by molar-refractivity contribution is 5.90. The first-order valence-electron chi connectivity index (χ1n) is 11.0. The first kappa shape index (κ1) is 23.3. The molecule has 0 bridgehead atoms.